The van der Waals surface area contributed by atoms with E-state index >= 15 is 0 Å². The summed E-state index contributed by atoms with van der Waals surface area (Å²) in [6, 6.07) is 3.94. The van der Waals surface area contributed by atoms with Crippen molar-refractivity contribution in [3.8, 4) is 5.75 Å². The number of nitrogens with one attached hydrogen (secondary N) is 1. The Morgan fingerprint density at radius 2 is 1.96 bits per heavy atom. The quantitative estimate of drug-likeness (QED) is 0.334. The largest absolute Gasteiger partial charge is 0.465 e. The van der Waals surface area contributed by atoms with E-state index < -0.39 is 22.1 Å². The molecule has 0 radical (unpaired) electrons. The molecule has 1 aromatic carbocycles. The first-order valence-electron chi connectivity index (χ1n) is 6.77. The minimum Gasteiger partial charge on any atom is -0.465 e. The average Bonchev–Trinajstić information content (AvgIpc) is 2.51. The van der Waals surface area contributed by atoms with Gasteiger partial charge in [-0.25, -0.2) is 9.59 Å². The van der Waals surface area contributed by atoms with Crippen molar-refractivity contribution in [1.29, 1.82) is 0 Å². The molecule has 0 saturated heterocycles. The van der Waals surface area contributed by atoms with Gasteiger partial charge in [-0.15, -0.1) is 0 Å². The molecule has 0 heterocycles. The highest BCUT2D eigenvalue weighted by Gasteiger charge is 2.15. The molecule has 0 bridgehead atoms. The van der Waals surface area contributed by atoms with Gasteiger partial charge in [-0.05, 0) is 32.0 Å². The van der Waals surface area contributed by atoms with E-state index in [1.165, 1.54) is 32.2 Å². The molecular weight excluding hydrogens is 340 g/mol. The van der Waals surface area contributed by atoms with Gasteiger partial charge in [0.15, 0.2) is 5.75 Å². The summed E-state index contributed by atoms with van der Waals surface area (Å²) in [7, 11) is -2.65. The maximum Gasteiger partial charge on any atom is 0.354 e. The molecule has 24 heavy (non-hydrogen) atoms. The molecular formula is C14H18N2O7S. The van der Waals surface area contributed by atoms with Crippen LogP contribution >= 0.6 is 0 Å². The van der Waals surface area contributed by atoms with Crippen molar-refractivity contribution in [1.82, 2.24) is 0 Å². The SMILES string of the molecule is CCOC(=O)/C(C)=N\Nc1ccc(C(=O)OC)cc1OS(C)(=O)=O. The van der Waals surface area contributed by atoms with Crippen molar-refractivity contribution >= 4 is 33.5 Å². The van der Waals surface area contributed by atoms with Crippen molar-refractivity contribution in [3.63, 3.8) is 0 Å². The lowest BCUT2D eigenvalue weighted by molar-refractivity contribution is -0.135. The van der Waals surface area contributed by atoms with Gasteiger partial charge in [-0.3, -0.25) is 5.43 Å². The number of esters is 2. The van der Waals surface area contributed by atoms with Crippen LogP contribution in [0.5, 0.6) is 5.75 Å². The number of hydrogen-bond acceptors (Lipinski definition) is 9. The van der Waals surface area contributed by atoms with Gasteiger partial charge in [0.05, 0.1) is 31.2 Å². The number of carbonyl (C=O) groups excluding carboxylic acids is 2. The third kappa shape index (κ3) is 5.88. The molecule has 0 spiro atoms. The molecule has 1 N–H and O–H groups in total. The van der Waals surface area contributed by atoms with Gasteiger partial charge < -0.3 is 13.7 Å². The lowest BCUT2D eigenvalue weighted by Crippen LogP contribution is -2.16. The molecule has 0 unspecified atom stereocenters. The molecule has 1 aromatic rings. The molecule has 0 saturated carbocycles. The number of nitrogens with zero attached hydrogens (tertiary/aromatic N) is 1. The summed E-state index contributed by atoms with van der Waals surface area (Å²) in [5, 5.41) is 3.80. The number of hydrogen-bond donors (Lipinski definition) is 1. The summed E-state index contributed by atoms with van der Waals surface area (Å²) in [4.78, 5) is 23.0. The van der Waals surface area contributed by atoms with Crippen LogP contribution < -0.4 is 9.61 Å². The maximum absolute atomic E-state index is 11.5. The number of rotatable bonds is 7. The molecule has 0 aliphatic heterocycles. The van der Waals surface area contributed by atoms with Crippen molar-refractivity contribution in [2.45, 2.75) is 13.8 Å². The Balaban J connectivity index is 3.15. The number of ether oxygens (including phenoxy) is 2. The van der Waals surface area contributed by atoms with E-state index in [1.54, 1.807) is 6.92 Å². The first kappa shape index (κ1) is 19.4. The number of carbonyl (C=O) groups is 2. The molecule has 9 nitrogen and oxygen atoms in total. The molecule has 0 aliphatic rings. The highest BCUT2D eigenvalue weighted by Crippen LogP contribution is 2.27. The Labute approximate surface area is 139 Å². The highest BCUT2D eigenvalue weighted by molar-refractivity contribution is 7.86. The van der Waals surface area contributed by atoms with Crippen LogP contribution in [0.1, 0.15) is 24.2 Å². The van der Waals surface area contributed by atoms with Crippen molar-refractivity contribution in [3.05, 3.63) is 23.8 Å². The van der Waals surface area contributed by atoms with E-state index in [-0.39, 0.29) is 29.3 Å². The van der Waals surface area contributed by atoms with E-state index in [1.807, 2.05) is 0 Å². The van der Waals surface area contributed by atoms with Crippen molar-refractivity contribution in [2.24, 2.45) is 5.10 Å². The molecule has 0 aromatic heterocycles. The molecule has 0 aliphatic carbocycles. The summed E-state index contributed by atoms with van der Waals surface area (Å²) in [6.07, 6.45) is 0.856. The third-order valence-electron chi connectivity index (χ3n) is 2.56. The average molecular weight is 358 g/mol. The Hall–Kier alpha value is -2.62. The second kappa shape index (κ2) is 8.29. The topological polar surface area (TPSA) is 120 Å². The Bertz CT molecular complexity index is 756. The maximum atomic E-state index is 11.5. The van der Waals surface area contributed by atoms with Crippen LogP contribution in [-0.2, 0) is 24.4 Å². The van der Waals surface area contributed by atoms with Crippen molar-refractivity contribution in [2.75, 3.05) is 25.4 Å². The van der Waals surface area contributed by atoms with Gasteiger partial charge in [-0.2, -0.15) is 13.5 Å². The fourth-order valence-corrected chi connectivity index (χ4v) is 1.98. The van der Waals surface area contributed by atoms with Gasteiger partial charge in [0.1, 0.15) is 5.71 Å². The van der Waals surface area contributed by atoms with Crippen LogP contribution in [0.2, 0.25) is 0 Å². The highest BCUT2D eigenvalue weighted by atomic mass is 32.2. The number of methoxy groups -OCH3 is 1. The first-order valence-corrected chi connectivity index (χ1v) is 8.58. The monoisotopic (exact) mass is 358 g/mol. The van der Waals surface area contributed by atoms with Crippen LogP contribution in [0.25, 0.3) is 0 Å². The van der Waals surface area contributed by atoms with Crippen molar-refractivity contribution < 1.29 is 31.7 Å². The minimum atomic E-state index is -3.84. The first-order chi connectivity index (χ1) is 11.2. The summed E-state index contributed by atoms with van der Waals surface area (Å²) in [6.45, 7) is 3.27. The van der Waals surface area contributed by atoms with E-state index in [9.17, 15) is 18.0 Å². The van der Waals surface area contributed by atoms with Crippen LogP contribution in [0.3, 0.4) is 0 Å². The molecule has 0 amide bonds. The molecule has 132 valence electrons. The second-order valence-electron chi connectivity index (χ2n) is 4.52. The lowest BCUT2D eigenvalue weighted by atomic mass is 10.2. The fraction of sp³-hybridized carbons (Fsp3) is 0.357. The van der Waals surface area contributed by atoms with Crippen LogP contribution in [-0.4, -0.2) is 46.0 Å². The second-order valence-corrected chi connectivity index (χ2v) is 6.09. The Morgan fingerprint density at radius 3 is 2.50 bits per heavy atom. The predicted octanol–water partition coefficient (Wildman–Crippen LogP) is 1.16. The summed E-state index contributed by atoms with van der Waals surface area (Å²) >= 11 is 0. The summed E-state index contributed by atoms with van der Waals surface area (Å²) in [5.41, 5.74) is 2.76. The van der Waals surface area contributed by atoms with Gasteiger partial charge in [0.2, 0.25) is 0 Å². The minimum absolute atomic E-state index is 0.0270. The number of hydrazone groups is 1. The molecule has 0 fully saturated rings. The van der Waals surface area contributed by atoms with Gasteiger partial charge in [0.25, 0.3) is 0 Å². The standard InChI is InChI=1S/C14H18N2O7S/c1-5-22-13(17)9(2)15-16-11-7-6-10(14(18)21-3)8-12(11)23-24(4,19)20/h6-8,16H,5H2,1-4H3/b15-9-. The van der Waals surface area contributed by atoms with Gasteiger partial charge >= 0.3 is 22.1 Å². The van der Waals surface area contributed by atoms with E-state index in [0.717, 1.165) is 6.26 Å². The third-order valence-corrected chi connectivity index (χ3v) is 3.04. The predicted molar refractivity (Wildman–Crippen MR) is 86.6 cm³/mol. The summed E-state index contributed by atoms with van der Waals surface area (Å²) in [5.74, 6) is -1.45. The van der Waals surface area contributed by atoms with Crippen LogP contribution in [0.4, 0.5) is 5.69 Å². The number of benzene rings is 1. The molecule has 10 heteroatoms. The zero-order valence-electron chi connectivity index (χ0n) is 13.7. The number of anilines is 1. The Morgan fingerprint density at radius 1 is 1.29 bits per heavy atom. The summed E-state index contributed by atoms with van der Waals surface area (Å²) < 4.78 is 36.9. The van der Waals surface area contributed by atoms with Crippen LogP contribution in [0, 0.1) is 0 Å². The van der Waals surface area contributed by atoms with E-state index in [2.05, 4.69) is 15.3 Å². The van der Waals surface area contributed by atoms with Gasteiger partial charge in [0, 0.05) is 0 Å². The Kier molecular flexibility index (Phi) is 6.71. The lowest BCUT2D eigenvalue weighted by Gasteiger charge is -2.11. The zero-order valence-corrected chi connectivity index (χ0v) is 14.5. The van der Waals surface area contributed by atoms with E-state index in [4.69, 9.17) is 8.92 Å². The molecule has 0 atom stereocenters. The van der Waals surface area contributed by atoms with Crippen LogP contribution in [0.15, 0.2) is 23.3 Å². The van der Waals surface area contributed by atoms with E-state index in [0.29, 0.717) is 0 Å². The fourth-order valence-electron chi connectivity index (χ4n) is 1.52. The van der Waals surface area contributed by atoms with Gasteiger partial charge in [-0.1, -0.05) is 0 Å². The smallest absolute Gasteiger partial charge is 0.354 e. The molecule has 1 rings (SSSR count). The normalized spacial score (nSPS) is 11.6. The zero-order chi connectivity index (χ0) is 18.3.